The predicted molar refractivity (Wildman–Crippen MR) is 164 cm³/mol. The number of nitrogens with zero attached hydrogens (tertiary/aromatic N) is 3. The summed E-state index contributed by atoms with van der Waals surface area (Å²) in [5.74, 6) is 0.728. The van der Waals surface area contributed by atoms with E-state index in [1.54, 1.807) is 17.9 Å². The second kappa shape index (κ2) is 11.0. The van der Waals surface area contributed by atoms with Crippen LogP contribution in [-0.2, 0) is 37.2 Å². The van der Waals surface area contributed by atoms with Crippen molar-refractivity contribution in [3.63, 3.8) is 0 Å². The molecular weight excluding hydrogens is 545 g/mol. The Morgan fingerprint density at radius 3 is 2.47 bits per heavy atom. The summed E-state index contributed by atoms with van der Waals surface area (Å²) in [6.45, 7) is 18.7. The number of esters is 1. The van der Waals surface area contributed by atoms with Gasteiger partial charge in [-0.1, -0.05) is 52.0 Å². The predicted octanol–water partition coefficient (Wildman–Crippen LogP) is 5.84. The molecule has 0 unspecified atom stereocenters. The first-order valence-corrected chi connectivity index (χ1v) is 15.6. The van der Waals surface area contributed by atoms with Gasteiger partial charge in [0, 0.05) is 23.8 Å². The molecule has 1 saturated heterocycles. The lowest BCUT2D eigenvalue weighted by atomic mass is 9.43. The number of para-hydroxylation sites is 1. The summed E-state index contributed by atoms with van der Waals surface area (Å²) in [7, 11) is 0.988. The van der Waals surface area contributed by atoms with E-state index in [-0.39, 0.29) is 41.5 Å². The Balaban J connectivity index is 1.41. The van der Waals surface area contributed by atoms with Crippen molar-refractivity contribution in [2.75, 3.05) is 7.11 Å². The molecule has 3 saturated carbocycles. The van der Waals surface area contributed by atoms with Crippen molar-refractivity contribution in [1.29, 1.82) is 0 Å². The van der Waals surface area contributed by atoms with Gasteiger partial charge in [-0.25, -0.2) is 9.48 Å². The van der Waals surface area contributed by atoms with E-state index in [2.05, 4.69) is 51.9 Å². The quantitative estimate of drug-likeness (QED) is 0.264. The van der Waals surface area contributed by atoms with Crippen LogP contribution in [0.2, 0.25) is 5.82 Å². The number of aromatic nitrogens is 3. The molecule has 234 valence electrons. The average Bonchev–Trinajstić information content (AvgIpc) is 3.50. The van der Waals surface area contributed by atoms with Gasteiger partial charge in [0.05, 0.1) is 24.5 Å². The molecule has 2 heterocycles. The molecule has 0 radical (unpaired) electrons. The van der Waals surface area contributed by atoms with Crippen LogP contribution in [0.5, 0.6) is 5.75 Å². The van der Waals surface area contributed by atoms with Crippen molar-refractivity contribution in [3.8, 4) is 5.75 Å². The first kappa shape index (κ1) is 31.7. The summed E-state index contributed by atoms with van der Waals surface area (Å²) in [6, 6.07) is 5.47. The fourth-order valence-corrected chi connectivity index (χ4v) is 7.39. The molecule has 6 rings (SSSR count). The molecule has 0 spiro atoms. The molecule has 10 heteroatoms. The van der Waals surface area contributed by atoms with Crippen LogP contribution < -0.4 is 4.74 Å². The highest BCUT2D eigenvalue weighted by Gasteiger charge is 2.68. The van der Waals surface area contributed by atoms with E-state index in [1.165, 1.54) is 0 Å². The molecule has 1 aromatic carbocycles. The van der Waals surface area contributed by atoms with Crippen LogP contribution in [0, 0.1) is 17.3 Å². The minimum Gasteiger partial charge on any atom is -0.496 e. The number of rotatable bonds is 9. The lowest BCUT2D eigenvalue weighted by Gasteiger charge is -2.64. The lowest BCUT2D eigenvalue weighted by molar-refractivity contribution is -0.199. The second-order valence-electron chi connectivity index (χ2n) is 15.6. The molecule has 1 aromatic heterocycles. The molecule has 9 nitrogen and oxygen atoms in total. The summed E-state index contributed by atoms with van der Waals surface area (Å²) >= 11 is 0. The van der Waals surface area contributed by atoms with Gasteiger partial charge in [0.15, 0.2) is 5.78 Å². The fraction of sp³-hybridized carbons (Fsp3) is 0.697. The molecule has 4 fully saturated rings. The third kappa shape index (κ3) is 6.14. The van der Waals surface area contributed by atoms with Crippen molar-refractivity contribution >= 4 is 18.9 Å². The zero-order valence-corrected chi connectivity index (χ0v) is 27.5. The number of carbonyl (C=O) groups excluding carboxylic acids is 2. The van der Waals surface area contributed by atoms with Gasteiger partial charge < -0.3 is 18.8 Å². The minimum absolute atomic E-state index is 0.00784. The average molecular weight is 594 g/mol. The number of hydrogen-bond acceptors (Lipinski definition) is 8. The topological polar surface area (TPSA) is 102 Å². The summed E-state index contributed by atoms with van der Waals surface area (Å²) in [5, 5.41) is 8.49. The summed E-state index contributed by atoms with van der Waals surface area (Å²) in [5.41, 5.74) is 0.988. The molecule has 3 aliphatic carbocycles. The van der Waals surface area contributed by atoms with E-state index >= 15 is 0 Å². The Hall–Kier alpha value is -2.72. The maximum Gasteiger partial charge on any atom is 0.461 e. The largest absolute Gasteiger partial charge is 0.496 e. The second-order valence-corrected chi connectivity index (χ2v) is 15.6. The van der Waals surface area contributed by atoms with E-state index in [9.17, 15) is 9.59 Å². The number of ether oxygens (including phenoxy) is 2. The Labute approximate surface area is 256 Å². The Morgan fingerprint density at radius 2 is 1.86 bits per heavy atom. The van der Waals surface area contributed by atoms with Gasteiger partial charge in [-0.05, 0) is 75.8 Å². The van der Waals surface area contributed by atoms with E-state index in [0.29, 0.717) is 29.6 Å². The normalized spacial score (nSPS) is 26.8. The van der Waals surface area contributed by atoms with Crippen LogP contribution in [0.25, 0.3) is 0 Å². The van der Waals surface area contributed by atoms with Crippen molar-refractivity contribution in [2.24, 2.45) is 17.3 Å². The van der Waals surface area contributed by atoms with Gasteiger partial charge in [0.1, 0.15) is 23.5 Å². The molecule has 2 aromatic rings. The lowest BCUT2D eigenvalue weighted by Crippen LogP contribution is -2.65. The third-order valence-corrected chi connectivity index (χ3v) is 9.89. The van der Waals surface area contributed by atoms with Gasteiger partial charge in [-0.15, -0.1) is 5.10 Å². The summed E-state index contributed by atoms with van der Waals surface area (Å²) in [6.07, 6.45) is 4.59. The number of methoxy groups -OCH3 is 1. The Bertz CT molecular complexity index is 1380. The highest BCUT2D eigenvalue weighted by atomic mass is 16.7. The smallest absolute Gasteiger partial charge is 0.461 e. The van der Waals surface area contributed by atoms with Crippen LogP contribution in [0.1, 0.15) is 103 Å². The first-order valence-electron chi connectivity index (χ1n) is 15.6. The van der Waals surface area contributed by atoms with Crippen LogP contribution >= 0.6 is 0 Å². The summed E-state index contributed by atoms with van der Waals surface area (Å²) < 4.78 is 26.6. The molecule has 0 N–H and O–H groups in total. The molecule has 1 aliphatic heterocycles. The van der Waals surface area contributed by atoms with Gasteiger partial charge in [0.2, 0.25) is 0 Å². The first-order chi connectivity index (χ1) is 19.9. The van der Waals surface area contributed by atoms with E-state index < -0.39 is 24.3 Å². The maximum atomic E-state index is 13.6. The van der Waals surface area contributed by atoms with Crippen LogP contribution in [0.3, 0.4) is 0 Å². The number of Topliss-reactive ketones (excluding diaryl/α,β-unsaturated/α-hetero) is 1. The molecule has 0 amide bonds. The summed E-state index contributed by atoms with van der Waals surface area (Å²) in [4.78, 5) is 26.7. The van der Waals surface area contributed by atoms with Gasteiger partial charge in [-0.3, -0.25) is 4.79 Å². The van der Waals surface area contributed by atoms with E-state index in [4.69, 9.17) is 18.8 Å². The number of carbonyl (C=O) groups is 2. The highest BCUT2D eigenvalue weighted by molar-refractivity contribution is 6.48. The Kier molecular flexibility index (Phi) is 8.12. The number of benzene rings is 1. The van der Waals surface area contributed by atoms with Crippen LogP contribution in [-0.4, -0.2) is 58.3 Å². The van der Waals surface area contributed by atoms with Gasteiger partial charge in [0.25, 0.3) is 0 Å². The zero-order valence-electron chi connectivity index (χ0n) is 27.5. The number of hydrogen-bond donors (Lipinski definition) is 0. The molecule has 4 aliphatic rings. The third-order valence-electron chi connectivity index (χ3n) is 9.89. The Morgan fingerprint density at radius 1 is 1.14 bits per heavy atom. The molecular formula is C33H48BN3O6. The molecule has 5 atom stereocenters. The highest BCUT2D eigenvalue weighted by Crippen LogP contribution is 2.66. The van der Waals surface area contributed by atoms with Crippen molar-refractivity contribution in [2.45, 2.75) is 123 Å². The van der Waals surface area contributed by atoms with Crippen LogP contribution in [0.15, 0.2) is 24.4 Å². The van der Waals surface area contributed by atoms with E-state index in [1.807, 2.05) is 39.1 Å². The molecule has 43 heavy (non-hydrogen) atoms. The maximum absolute atomic E-state index is 13.6. The monoisotopic (exact) mass is 593 g/mol. The standard InChI is InChI=1S/C33H48BN3O6/c1-30(2,3)26-19-37(36-35-26)18-23(38)17-22(34-42-27-16-21-15-25(32(21,7)8)33(27,9)43-34)14-20-12-11-13-24(28(20)40-10)29(39)41-31(4,5)6/h11-13,19,21-22,25,27H,14-18H2,1-10H3/t21-,22+,25-,27+,33-/m0/s1. The van der Waals surface area contributed by atoms with Gasteiger partial charge in [-0.2, -0.15) is 0 Å². The van der Waals surface area contributed by atoms with E-state index in [0.717, 1.165) is 24.1 Å². The van der Waals surface area contributed by atoms with Gasteiger partial charge >= 0.3 is 13.1 Å². The SMILES string of the molecule is COc1c(C[C@H](CC(=O)Cn2cc(C(C)(C)C)nn2)B2O[C@@H]3C[C@@H]4C[C@@H](C4(C)C)[C@]3(C)O2)cccc1C(=O)OC(C)(C)C. The van der Waals surface area contributed by atoms with Crippen molar-refractivity contribution in [3.05, 3.63) is 41.2 Å². The minimum atomic E-state index is -0.646. The van der Waals surface area contributed by atoms with Crippen LogP contribution in [0.4, 0.5) is 0 Å². The van der Waals surface area contributed by atoms with Crippen molar-refractivity contribution < 1.29 is 28.4 Å². The fourth-order valence-electron chi connectivity index (χ4n) is 7.39. The van der Waals surface area contributed by atoms with Crippen molar-refractivity contribution in [1.82, 2.24) is 15.0 Å². The number of ketones is 1. The molecule has 2 bridgehead atoms. The zero-order chi connectivity index (χ0) is 31.5.